The van der Waals surface area contributed by atoms with Gasteiger partial charge in [-0.25, -0.2) is 9.18 Å². The molecule has 35 heavy (non-hydrogen) atoms. The number of carboxylic acids is 1. The predicted octanol–water partition coefficient (Wildman–Crippen LogP) is 6.25. The van der Waals surface area contributed by atoms with E-state index < -0.39 is 5.97 Å². The Bertz CT molecular complexity index is 1200. The third-order valence-electron chi connectivity index (χ3n) is 6.81. The summed E-state index contributed by atoms with van der Waals surface area (Å²) in [7, 11) is 1.47. The van der Waals surface area contributed by atoms with Crippen LogP contribution in [0.3, 0.4) is 0 Å². The number of methoxy groups -OCH3 is 1. The summed E-state index contributed by atoms with van der Waals surface area (Å²) >= 11 is 0. The summed E-state index contributed by atoms with van der Waals surface area (Å²) < 4.78 is 25.1. The van der Waals surface area contributed by atoms with Crippen molar-refractivity contribution < 1.29 is 23.8 Å². The van der Waals surface area contributed by atoms with Crippen molar-refractivity contribution in [3.05, 3.63) is 94.3 Å². The van der Waals surface area contributed by atoms with E-state index in [1.807, 2.05) is 50.2 Å². The topological polar surface area (TPSA) is 67.8 Å². The number of halogens is 1. The molecule has 1 aliphatic heterocycles. The van der Waals surface area contributed by atoms with E-state index in [1.165, 1.54) is 13.2 Å². The second kappa shape index (κ2) is 10.9. The monoisotopic (exact) mass is 477 g/mol. The molecule has 0 aliphatic carbocycles. The molecule has 0 unspecified atom stereocenters. The van der Waals surface area contributed by atoms with Crippen molar-refractivity contribution in [1.82, 2.24) is 5.32 Å². The standard InChI is InChI=1S/C29H32FNO4/c1-18-10-11-21(15-24(18)29(32)33)25-17-22(35-27-9-5-4-8-23(25)27)7-6-14-31-19(2)20-12-13-26(30)28(16-20)34-3/h4-5,8-13,15-16,19,22,25,31H,6-7,14,17H2,1-3H3,(H,32,33)/t19-,22-,25+/m1/s1. The van der Waals surface area contributed by atoms with Gasteiger partial charge < -0.3 is 19.9 Å². The molecule has 3 aromatic carbocycles. The maximum absolute atomic E-state index is 13.7. The number of carboxylic acid groups (broad SMARTS) is 1. The number of benzene rings is 3. The fourth-order valence-corrected chi connectivity index (χ4v) is 4.78. The molecule has 4 rings (SSSR count). The molecule has 3 aromatic rings. The lowest BCUT2D eigenvalue weighted by Gasteiger charge is -2.33. The van der Waals surface area contributed by atoms with E-state index >= 15 is 0 Å². The summed E-state index contributed by atoms with van der Waals surface area (Å²) in [4.78, 5) is 11.7. The van der Waals surface area contributed by atoms with Gasteiger partial charge in [0, 0.05) is 17.5 Å². The van der Waals surface area contributed by atoms with Gasteiger partial charge in [0.2, 0.25) is 0 Å². The molecule has 0 spiro atoms. The second-order valence-corrected chi connectivity index (χ2v) is 9.16. The molecule has 0 amide bonds. The minimum Gasteiger partial charge on any atom is -0.494 e. The summed E-state index contributed by atoms with van der Waals surface area (Å²) in [6, 6.07) is 18.7. The maximum Gasteiger partial charge on any atom is 0.335 e. The molecular formula is C29H32FNO4. The van der Waals surface area contributed by atoms with Gasteiger partial charge in [-0.1, -0.05) is 36.4 Å². The van der Waals surface area contributed by atoms with Crippen LogP contribution < -0.4 is 14.8 Å². The highest BCUT2D eigenvalue weighted by molar-refractivity contribution is 5.89. The zero-order valence-corrected chi connectivity index (χ0v) is 20.4. The summed E-state index contributed by atoms with van der Waals surface area (Å²) in [6.07, 6.45) is 2.61. The maximum atomic E-state index is 13.7. The first-order valence-corrected chi connectivity index (χ1v) is 12.0. The van der Waals surface area contributed by atoms with Crippen molar-refractivity contribution in [3.8, 4) is 11.5 Å². The van der Waals surface area contributed by atoms with Crippen molar-refractivity contribution in [2.24, 2.45) is 0 Å². The molecule has 1 heterocycles. The fourth-order valence-electron chi connectivity index (χ4n) is 4.78. The highest BCUT2D eigenvalue weighted by Crippen LogP contribution is 2.41. The van der Waals surface area contributed by atoms with Gasteiger partial charge in [-0.05, 0) is 80.6 Å². The lowest BCUT2D eigenvalue weighted by Crippen LogP contribution is -2.28. The summed E-state index contributed by atoms with van der Waals surface area (Å²) in [6.45, 7) is 4.66. The lowest BCUT2D eigenvalue weighted by atomic mass is 9.82. The first-order valence-electron chi connectivity index (χ1n) is 12.0. The molecule has 5 nitrogen and oxygen atoms in total. The smallest absolute Gasteiger partial charge is 0.335 e. The highest BCUT2D eigenvalue weighted by atomic mass is 19.1. The van der Waals surface area contributed by atoms with Gasteiger partial charge in [0.1, 0.15) is 5.75 Å². The van der Waals surface area contributed by atoms with Gasteiger partial charge in [0.15, 0.2) is 11.6 Å². The molecule has 2 N–H and O–H groups in total. The molecule has 1 aliphatic rings. The van der Waals surface area contributed by atoms with Crippen LogP contribution >= 0.6 is 0 Å². The molecule has 0 bridgehead atoms. The zero-order chi connectivity index (χ0) is 24.9. The number of para-hydroxylation sites is 1. The Morgan fingerprint density at radius 3 is 2.77 bits per heavy atom. The van der Waals surface area contributed by atoms with Crippen LogP contribution in [0.5, 0.6) is 11.5 Å². The van der Waals surface area contributed by atoms with E-state index in [0.717, 1.165) is 53.8 Å². The number of ether oxygens (including phenoxy) is 2. The van der Waals surface area contributed by atoms with Crippen LogP contribution in [-0.4, -0.2) is 30.8 Å². The van der Waals surface area contributed by atoms with Crippen molar-refractivity contribution in [3.63, 3.8) is 0 Å². The van der Waals surface area contributed by atoms with Gasteiger partial charge in [-0.15, -0.1) is 0 Å². The van der Waals surface area contributed by atoms with Gasteiger partial charge >= 0.3 is 5.97 Å². The lowest BCUT2D eigenvalue weighted by molar-refractivity contribution is 0.0696. The molecular weight excluding hydrogens is 445 g/mol. The number of nitrogens with one attached hydrogen (secondary N) is 1. The molecule has 0 saturated heterocycles. The second-order valence-electron chi connectivity index (χ2n) is 9.16. The van der Waals surface area contributed by atoms with E-state index in [2.05, 4.69) is 11.4 Å². The van der Waals surface area contributed by atoms with Crippen LogP contribution in [0.2, 0.25) is 0 Å². The number of hydrogen-bond donors (Lipinski definition) is 2. The quantitative estimate of drug-likeness (QED) is 0.356. The van der Waals surface area contributed by atoms with Crippen molar-refractivity contribution in [2.75, 3.05) is 13.7 Å². The number of fused-ring (bicyclic) bond motifs is 1. The Morgan fingerprint density at radius 2 is 2.00 bits per heavy atom. The van der Waals surface area contributed by atoms with Gasteiger partial charge in [0.25, 0.3) is 0 Å². The first kappa shape index (κ1) is 24.7. The third-order valence-corrected chi connectivity index (χ3v) is 6.81. The van der Waals surface area contributed by atoms with Gasteiger partial charge in [-0.2, -0.15) is 0 Å². The zero-order valence-electron chi connectivity index (χ0n) is 20.4. The van der Waals surface area contributed by atoms with Crippen molar-refractivity contribution in [1.29, 1.82) is 0 Å². The number of hydrogen-bond acceptors (Lipinski definition) is 4. The number of aryl methyl sites for hydroxylation is 1. The van der Waals surface area contributed by atoms with Crippen molar-refractivity contribution >= 4 is 5.97 Å². The summed E-state index contributed by atoms with van der Waals surface area (Å²) in [5, 5.41) is 13.1. The van der Waals surface area contributed by atoms with Crippen LogP contribution in [0.15, 0.2) is 60.7 Å². The van der Waals surface area contributed by atoms with Crippen LogP contribution in [-0.2, 0) is 0 Å². The Morgan fingerprint density at radius 1 is 1.20 bits per heavy atom. The van der Waals surface area contributed by atoms with Crippen LogP contribution in [0, 0.1) is 12.7 Å². The predicted molar refractivity (Wildman–Crippen MR) is 134 cm³/mol. The van der Waals surface area contributed by atoms with Crippen LogP contribution in [0.1, 0.15) is 70.8 Å². The average Bonchev–Trinajstić information content (AvgIpc) is 2.86. The number of carbonyl (C=O) groups is 1. The Labute approximate surface area is 205 Å². The Balaban J connectivity index is 1.41. The fraction of sp³-hybridized carbons (Fsp3) is 0.345. The molecule has 3 atom stereocenters. The molecule has 0 radical (unpaired) electrons. The van der Waals surface area contributed by atoms with Crippen LogP contribution in [0.4, 0.5) is 4.39 Å². The van der Waals surface area contributed by atoms with E-state index in [4.69, 9.17) is 9.47 Å². The average molecular weight is 478 g/mol. The van der Waals surface area contributed by atoms with Gasteiger partial charge in [-0.3, -0.25) is 0 Å². The minimum atomic E-state index is -0.903. The minimum absolute atomic E-state index is 0.0347. The number of aromatic carboxylic acids is 1. The van der Waals surface area contributed by atoms with E-state index in [0.29, 0.717) is 5.56 Å². The van der Waals surface area contributed by atoms with Crippen LogP contribution in [0.25, 0.3) is 0 Å². The SMILES string of the molecule is COc1cc([C@@H](C)NCCC[C@@H]2C[C@@H](c3ccc(C)c(C(=O)O)c3)c3ccccc3O2)ccc1F. The molecule has 0 saturated carbocycles. The molecule has 0 fully saturated rings. The van der Waals surface area contributed by atoms with E-state index in [1.54, 1.807) is 12.1 Å². The van der Waals surface area contributed by atoms with Crippen molar-refractivity contribution in [2.45, 2.75) is 51.2 Å². The first-order chi connectivity index (χ1) is 16.9. The van der Waals surface area contributed by atoms with E-state index in [9.17, 15) is 14.3 Å². The molecule has 0 aromatic heterocycles. The third kappa shape index (κ3) is 5.65. The summed E-state index contributed by atoms with van der Waals surface area (Å²) in [5.41, 5.74) is 4.18. The molecule has 184 valence electrons. The normalized spacial score (nSPS) is 17.8. The Hall–Kier alpha value is -3.38. The Kier molecular flexibility index (Phi) is 7.71. The van der Waals surface area contributed by atoms with E-state index in [-0.39, 0.29) is 29.6 Å². The molecule has 6 heteroatoms. The highest BCUT2D eigenvalue weighted by Gasteiger charge is 2.29. The summed E-state index contributed by atoms with van der Waals surface area (Å²) in [5.74, 6) is -0.0660. The van der Waals surface area contributed by atoms with Gasteiger partial charge in [0.05, 0.1) is 18.8 Å². The largest absolute Gasteiger partial charge is 0.494 e. The number of rotatable bonds is 9.